The van der Waals surface area contributed by atoms with Gasteiger partial charge in [0.1, 0.15) is 0 Å². The first-order valence-corrected chi connectivity index (χ1v) is 6.72. The van der Waals surface area contributed by atoms with Crippen LogP contribution in [-0.4, -0.2) is 28.6 Å². The van der Waals surface area contributed by atoms with Gasteiger partial charge in [-0.15, -0.1) is 5.10 Å². The number of amides is 1. The van der Waals surface area contributed by atoms with Crippen molar-refractivity contribution in [2.24, 2.45) is 0 Å². The molecule has 0 radical (unpaired) electrons. The van der Waals surface area contributed by atoms with Crippen LogP contribution in [0.15, 0.2) is 30.3 Å². The highest BCUT2D eigenvalue weighted by atomic mass is 32.1. The lowest BCUT2D eigenvalue weighted by Gasteiger charge is -2.03. The van der Waals surface area contributed by atoms with E-state index in [0.717, 1.165) is 17.1 Å². The zero-order valence-electron chi connectivity index (χ0n) is 10.8. The number of aryl methyl sites for hydroxylation is 1. The summed E-state index contributed by atoms with van der Waals surface area (Å²) in [5.41, 5.74) is 1.11. The number of carbonyl (C=O) groups excluding carboxylic acids is 2. The van der Waals surface area contributed by atoms with Crippen LogP contribution < -0.4 is 5.32 Å². The second-order valence-electron chi connectivity index (χ2n) is 3.98. The van der Waals surface area contributed by atoms with E-state index in [9.17, 15) is 9.59 Å². The van der Waals surface area contributed by atoms with E-state index in [-0.39, 0.29) is 11.6 Å². The molecule has 0 bridgehead atoms. The zero-order valence-corrected chi connectivity index (χ0v) is 11.6. The Labute approximate surface area is 119 Å². The molecule has 0 aliphatic rings. The first-order valence-electron chi connectivity index (χ1n) is 5.95. The molecule has 0 unspecified atom stereocenters. The Morgan fingerprint density at radius 2 is 2.05 bits per heavy atom. The van der Waals surface area contributed by atoms with E-state index in [1.165, 1.54) is 7.11 Å². The molecule has 0 aliphatic heterocycles. The molecular formula is C13H13N3O3S. The average molecular weight is 291 g/mol. The van der Waals surface area contributed by atoms with Crippen molar-refractivity contribution in [3.05, 3.63) is 41.6 Å². The summed E-state index contributed by atoms with van der Waals surface area (Å²) in [6, 6.07) is 9.70. The first kappa shape index (κ1) is 14.1. The number of anilines is 1. The fourth-order valence-corrected chi connectivity index (χ4v) is 2.17. The minimum atomic E-state index is -0.614. The zero-order chi connectivity index (χ0) is 14.4. The van der Waals surface area contributed by atoms with Gasteiger partial charge in [0, 0.05) is 18.0 Å². The van der Waals surface area contributed by atoms with Crippen molar-refractivity contribution in [3.63, 3.8) is 0 Å². The van der Waals surface area contributed by atoms with E-state index >= 15 is 0 Å². The number of carbonyl (C=O) groups is 2. The van der Waals surface area contributed by atoms with Crippen molar-refractivity contribution in [1.29, 1.82) is 0 Å². The van der Waals surface area contributed by atoms with Crippen LogP contribution in [0.25, 0.3) is 0 Å². The predicted molar refractivity (Wildman–Crippen MR) is 74.6 cm³/mol. The monoisotopic (exact) mass is 291 g/mol. The second-order valence-corrected chi connectivity index (χ2v) is 4.73. The molecule has 1 aromatic heterocycles. The summed E-state index contributed by atoms with van der Waals surface area (Å²) in [6.07, 6.45) is 0.953. The van der Waals surface area contributed by atoms with Gasteiger partial charge in [-0.25, -0.2) is 4.79 Å². The number of esters is 1. The number of hydrogen-bond donors (Lipinski definition) is 1. The van der Waals surface area contributed by atoms with Crippen LogP contribution >= 0.6 is 11.5 Å². The maximum absolute atomic E-state index is 11.8. The Bertz CT molecular complexity index is 598. The van der Waals surface area contributed by atoms with Crippen molar-refractivity contribution in [2.45, 2.75) is 12.8 Å². The molecule has 0 aliphatic carbocycles. The number of nitrogens with zero attached hydrogens (tertiary/aromatic N) is 2. The highest BCUT2D eigenvalue weighted by Gasteiger charge is 2.18. The number of rotatable bonds is 5. The van der Waals surface area contributed by atoms with Gasteiger partial charge >= 0.3 is 5.97 Å². The quantitative estimate of drug-likeness (QED) is 0.851. The predicted octanol–water partition coefficient (Wildman–Crippen LogP) is 1.90. The third kappa shape index (κ3) is 3.61. The van der Waals surface area contributed by atoms with Gasteiger partial charge in [-0.1, -0.05) is 34.8 Å². The van der Waals surface area contributed by atoms with E-state index < -0.39 is 5.97 Å². The highest BCUT2D eigenvalue weighted by Crippen LogP contribution is 2.18. The van der Waals surface area contributed by atoms with Crippen LogP contribution in [0.2, 0.25) is 0 Å². The molecule has 0 fully saturated rings. The van der Waals surface area contributed by atoms with Crippen molar-refractivity contribution in [3.8, 4) is 0 Å². The van der Waals surface area contributed by atoms with Gasteiger partial charge in [-0.05, 0) is 12.0 Å². The number of aromatic nitrogens is 2. The Morgan fingerprint density at radius 3 is 2.75 bits per heavy atom. The van der Waals surface area contributed by atoms with Crippen molar-refractivity contribution >= 4 is 28.4 Å². The number of hydrogen-bond acceptors (Lipinski definition) is 6. The molecule has 2 aromatic rings. The van der Waals surface area contributed by atoms with E-state index in [1.807, 2.05) is 30.3 Å². The molecule has 1 amide bonds. The normalized spacial score (nSPS) is 10.1. The summed E-state index contributed by atoms with van der Waals surface area (Å²) < 4.78 is 8.20. The fourth-order valence-electron chi connectivity index (χ4n) is 1.59. The van der Waals surface area contributed by atoms with E-state index in [0.29, 0.717) is 17.8 Å². The van der Waals surface area contributed by atoms with Gasteiger partial charge in [-0.3, -0.25) is 4.79 Å². The molecule has 0 saturated heterocycles. The maximum Gasteiger partial charge on any atom is 0.361 e. The Morgan fingerprint density at radius 1 is 1.30 bits per heavy atom. The molecule has 1 N–H and O–H groups in total. The fraction of sp³-hybridized carbons (Fsp3) is 0.231. The maximum atomic E-state index is 11.8. The van der Waals surface area contributed by atoms with E-state index in [4.69, 9.17) is 0 Å². The summed E-state index contributed by atoms with van der Waals surface area (Å²) in [5, 5.41) is 6.58. The van der Waals surface area contributed by atoms with Crippen molar-refractivity contribution < 1.29 is 14.3 Å². The number of nitrogens with one attached hydrogen (secondary N) is 1. The van der Waals surface area contributed by atoms with Crippen LogP contribution in [0, 0.1) is 0 Å². The lowest BCUT2D eigenvalue weighted by molar-refractivity contribution is -0.116. The molecule has 1 aromatic carbocycles. The first-order chi connectivity index (χ1) is 9.70. The summed E-state index contributed by atoms with van der Waals surface area (Å²) in [5.74, 6) is -0.804. The van der Waals surface area contributed by atoms with Crippen LogP contribution in [0.3, 0.4) is 0 Å². The van der Waals surface area contributed by atoms with Crippen LogP contribution in [0.4, 0.5) is 5.00 Å². The standard InChI is InChI=1S/C13H13N3O3S/c1-19-13(18)11-12(20-16-15-11)14-10(17)8-7-9-5-3-2-4-6-9/h2-6H,7-8H2,1H3,(H,14,17). The Kier molecular flexibility index (Phi) is 4.78. The van der Waals surface area contributed by atoms with Crippen molar-refractivity contribution in [2.75, 3.05) is 12.4 Å². The van der Waals surface area contributed by atoms with Crippen LogP contribution in [0.5, 0.6) is 0 Å². The molecule has 0 saturated carbocycles. The topological polar surface area (TPSA) is 81.2 Å². The van der Waals surface area contributed by atoms with Crippen LogP contribution in [-0.2, 0) is 16.0 Å². The average Bonchev–Trinajstić information content (AvgIpc) is 2.93. The minimum Gasteiger partial charge on any atom is -0.464 e. The summed E-state index contributed by atoms with van der Waals surface area (Å²) in [4.78, 5) is 23.2. The minimum absolute atomic E-state index is 0.0329. The van der Waals surface area contributed by atoms with E-state index in [2.05, 4.69) is 19.6 Å². The van der Waals surface area contributed by atoms with Gasteiger partial charge in [0.25, 0.3) is 0 Å². The molecule has 1 heterocycles. The van der Waals surface area contributed by atoms with E-state index in [1.54, 1.807) is 0 Å². The molecule has 104 valence electrons. The number of benzene rings is 1. The van der Waals surface area contributed by atoms with Crippen molar-refractivity contribution in [1.82, 2.24) is 9.59 Å². The second kappa shape index (κ2) is 6.76. The lowest BCUT2D eigenvalue weighted by atomic mass is 10.1. The third-order valence-electron chi connectivity index (χ3n) is 2.60. The molecule has 20 heavy (non-hydrogen) atoms. The molecule has 0 spiro atoms. The molecule has 7 heteroatoms. The third-order valence-corrected chi connectivity index (χ3v) is 3.24. The van der Waals surface area contributed by atoms with Gasteiger partial charge < -0.3 is 10.1 Å². The molecular weight excluding hydrogens is 278 g/mol. The number of ether oxygens (including phenoxy) is 1. The SMILES string of the molecule is COC(=O)c1nnsc1NC(=O)CCc1ccccc1. The Hall–Kier alpha value is -2.28. The van der Waals surface area contributed by atoms with Gasteiger partial charge in [-0.2, -0.15) is 0 Å². The summed E-state index contributed by atoms with van der Waals surface area (Å²) in [7, 11) is 1.25. The van der Waals surface area contributed by atoms with Gasteiger partial charge in [0.05, 0.1) is 7.11 Å². The van der Waals surface area contributed by atoms with Gasteiger partial charge in [0.2, 0.25) is 11.6 Å². The van der Waals surface area contributed by atoms with Crippen LogP contribution in [0.1, 0.15) is 22.5 Å². The number of methoxy groups -OCH3 is 1. The molecule has 6 nitrogen and oxygen atoms in total. The smallest absolute Gasteiger partial charge is 0.361 e. The molecule has 2 rings (SSSR count). The summed E-state index contributed by atoms with van der Waals surface area (Å²) >= 11 is 0.949. The largest absolute Gasteiger partial charge is 0.464 e. The Balaban J connectivity index is 1.92. The highest BCUT2D eigenvalue weighted by molar-refractivity contribution is 7.10. The summed E-state index contributed by atoms with van der Waals surface area (Å²) in [6.45, 7) is 0. The lowest BCUT2D eigenvalue weighted by Crippen LogP contribution is -2.14. The van der Waals surface area contributed by atoms with Gasteiger partial charge in [0.15, 0.2) is 5.00 Å². The molecule has 0 atom stereocenters.